The molecule has 2 heterocycles. The Hall–Kier alpha value is -1.41. The van der Waals surface area contributed by atoms with Gasteiger partial charge in [0.2, 0.25) is 5.82 Å². The van der Waals surface area contributed by atoms with Gasteiger partial charge in [-0.1, -0.05) is 11.8 Å². The second-order valence-electron chi connectivity index (χ2n) is 3.60. The van der Waals surface area contributed by atoms with Crippen molar-refractivity contribution in [2.45, 2.75) is 23.1 Å². The van der Waals surface area contributed by atoms with Crippen molar-refractivity contribution in [3.05, 3.63) is 16.4 Å². The Labute approximate surface area is 102 Å². The third kappa shape index (κ3) is 2.83. The molecular formula is C9H12N4O3S. The zero-order valence-electron chi connectivity index (χ0n) is 9.04. The zero-order valence-corrected chi connectivity index (χ0v) is 9.85. The van der Waals surface area contributed by atoms with E-state index in [9.17, 15) is 10.1 Å². The van der Waals surface area contributed by atoms with Crippen LogP contribution in [0.3, 0.4) is 0 Å². The summed E-state index contributed by atoms with van der Waals surface area (Å²) in [5.41, 5.74) is 5.31. The third-order valence-corrected chi connectivity index (χ3v) is 3.77. The number of nitrogen functional groups attached to an aromatic ring is 1. The van der Waals surface area contributed by atoms with Crippen molar-refractivity contribution >= 4 is 23.3 Å². The minimum Gasteiger partial charge on any atom is -0.381 e. The van der Waals surface area contributed by atoms with Crippen LogP contribution in [0.1, 0.15) is 12.8 Å². The van der Waals surface area contributed by atoms with E-state index in [1.165, 1.54) is 18.1 Å². The van der Waals surface area contributed by atoms with Crippen LogP contribution < -0.4 is 5.73 Å². The summed E-state index contributed by atoms with van der Waals surface area (Å²) < 4.78 is 5.23. The molecule has 8 heteroatoms. The smallest absolute Gasteiger partial charge is 0.343 e. The molecule has 0 amide bonds. The molecule has 1 aliphatic heterocycles. The first-order valence-corrected chi connectivity index (χ1v) is 6.05. The van der Waals surface area contributed by atoms with E-state index in [0.29, 0.717) is 18.2 Å². The van der Waals surface area contributed by atoms with E-state index >= 15 is 0 Å². The lowest BCUT2D eigenvalue weighted by Crippen LogP contribution is -2.17. The molecule has 0 unspecified atom stereocenters. The Morgan fingerprint density at radius 1 is 1.47 bits per heavy atom. The topological polar surface area (TPSA) is 104 Å². The molecule has 2 N–H and O–H groups in total. The second-order valence-corrected chi connectivity index (χ2v) is 4.89. The molecule has 1 fully saturated rings. The Balaban J connectivity index is 2.19. The van der Waals surface area contributed by atoms with E-state index in [1.807, 2.05) is 0 Å². The Morgan fingerprint density at radius 2 is 2.18 bits per heavy atom. The maximum absolute atomic E-state index is 10.9. The van der Waals surface area contributed by atoms with Crippen molar-refractivity contribution in [2.75, 3.05) is 18.9 Å². The van der Waals surface area contributed by atoms with Crippen molar-refractivity contribution < 1.29 is 9.66 Å². The van der Waals surface area contributed by atoms with Gasteiger partial charge in [0.05, 0.1) is 4.92 Å². The monoisotopic (exact) mass is 256 g/mol. The van der Waals surface area contributed by atoms with Gasteiger partial charge in [-0.3, -0.25) is 10.1 Å². The van der Waals surface area contributed by atoms with Gasteiger partial charge in [0.25, 0.3) is 0 Å². The summed E-state index contributed by atoms with van der Waals surface area (Å²) in [5.74, 6) is -0.0837. The van der Waals surface area contributed by atoms with Crippen LogP contribution in [0.4, 0.5) is 11.5 Å². The first-order chi connectivity index (χ1) is 8.18. The molecule has 1 aromatic rings. The molecule has 0 spiro atoms. The molecule has 2 rings (SSSR count). The summed E-state index contributed by atoms with van der Waals surface area (Å²) in [7, 11) is 0. The van der Waals surface area contributed by atoms with E-state index in [4.69, 9.17) is 10.5 Å². The highest BCUT2D eigenvalue weighted by Crippen LogP contribution is 2.35. The van der Waals surface area contributed by atoms with E-state index < -0.39 is 4.92 Å². The van der Waals surface area contributed by atoms with Gasteiger partial charge in [-0.15, -0.1) is 0 Å². The van der Waals surface area contributed by atoms with E-state index in [0.717, 1.165) is 12.8 Å². The molecule has 0 atom stereocenters. The highest BCUT2D eigenvalue weighted by atomic mass is 32.2. The van der Waals surface area contributed by atoms with E-state index in [1.54, 1.807) is 0 Å². The number of nitro groups is 1. The van der Waals surface area contributed by atoms with Crippen molar-refractivity contribution in [2.24, 2.45) is 0 Å². The summed E-state index contributed by atoms with van der Waals surface area (Å²) in [6.45, 7) is 1.37. The number of aromatic nitrogens is 2. The maximum atomic E-state index is 10.9. The van der Waals surface area contributed by atoms with Crippen LogP contribution in [0, 0.1) is 10.1 Å². The molecule has 17 heavy (non-hydrogen) atoms. The van der Waals surface area contributed by atoms with Gasteiger partial charge in [0.15, 0.2) is 5.03 Å². The molecule has 0 bridgehead atoms. The van der Waals surface area contributed by atoms with Crippen molar-refractivity contribution in [1.82, 2.24) is 9.97 Å². The van der Waals surface area contributed by atoms with Crippen molar-refractivity contribution in [3.8, 4) is 0 Å². The molecule has 0 aromatic carbocycles. The number of rotatable bonds is 3. The first-order valence-electron chi connectivity index (χ1n) is 5.17. The molecule has 7 nitrogen and oxygen atoms in total. The number of ether oxygens (including phenoxy) is 1. The van der Waals surface area contributed by atoms with Gasteiger partial charge < -0.3 is 10.5 Å². The average molecular weight is 256 g/mol. The Kier molecular flexibility index (Phi) is 3.75. The number of thioether (sulfide) groups is 1. The van der Waals surface area contributed by atoms with Crippen molar-refractivity contribution in [1.29, 1.82) is 0 Å². The SMILES string of the molecule is Nc1ncnc(SC2CCOCC2)c1[N+](=O)[O-]. The standard InChI is InChI=1S/C9H12N4O3S/c10-8-7(13(14)15)9(12-5-11-8)17-6-1-3-16-4-2-6/h5-6H,1-4H2,(H2,10,11,12). The van der Waals surface area contributed by atoms with Crippen LogP contribution in [0.15, 0.2) is 11.4 Å². The lowest BCUT2D eigenvalue weighted by atomic mass is 10.2. The number of nitrogens with zero attached hydrogens (tertiary/aromatic N) is 3. The minimum atomic E-state index is -0.531. The Bertz CT molecular complexity index is 423. The van der Waals surface area contributed by atoms with Gasteiger partial charge in [-0.2, -0.15) is 0 Å². The lowest BCUT2D eigenvalue weighted by Gasteiger charge is -2.20. The number of anilines is 1. The van der Waals surface area contributed by atoms with Crippen LogP contribution >= 0.6 is 11.8 Å². The zero-order chi connectivity index (χ0) is 12.3. The van der Waals surface area contributed by atoms with Gasteiger partial charge >= 0.3 is 5.69 Å². The summed E-state index contributed by atoms with van der Waals surface area (Å²) in [6.07, 6.45) is 2.99. The largest absolute Gasteiger partial charge is 0.381 e. The Morgan fingerprint density at radius 3 is 2.82 bits per heavy atom. The van der Waals surface area contributed by atoms with Gasteiger partial charge in [0.1, 0.15) is 6.33 Å². The van der Waals surface area contributed by atoms with Crippen molar-refractivity contribution in [3.63, 3.8) is 0 Å². The van der Waals surface area contributed by atoms with E-state index in [-0.39, 0.29) is 16.8 Å². The molecule has 1 aromatic heterocycles. The van der Waals surface area contributed by atoms with Gasteiger partial charge in [-0.05, 0) is 12.8 Å². The van der Waals surface area contributed by atoms with Gasteiger partial charge in [0, 0.05) is 18.5 Å². The van der Waals surface area contributed by atoms with Crippen LogP contribution in [0.5, 0.6) is 0 Å². The van der Waals surface area contributed by atoms with Crippen LogP contribution in [0.25, 0.3) is 0 Å². The molecular weight excluding hydrogens is 244 g/mol. The predicted octanol–water partition coefficient (Wildman–Crippen LogP) is 1.24. The second kappa shape index (κ2) is 5.28. The fourth-order valence-electron chi connectivity index (χ4n) is 1.58. The minimum absolute atomic E-state index is 0.0837. The van der Waals surface area contributed by atoms with Gasteiger partial charge in [-0.25, -0.2) is 9.97 Å². The maximum Gasteiger partial charge on any atom is 0.343 e. The number of nitrogens with two attached hydrogens (primary N) is 1. The summed E-state index contributed by atoms with van der Waals surface area (Å²) in [4.78, 5) is 17.9. The summed E-state index contributed by atoms with van der Waals surface area (Å²) in [6, 6.07) is 0. The normalized spacial score (nSPS) is 16.9. The number of hydrogen-bond acceptors (Lipinski definition) is 7. The number of hydrogen-bond donors (Lipinski definition) is 1. The molecule has 92 valence electrons. The average Bonchev–Trinajstić information content (AvgIpc) is 2.30. The van der Waals surface area contributed by atoms with Crippen LogP contribution in [-0.2, 0) is 4.74 Å². The molecule has 1 aliphatic rings. The van der Waals surface area contributed by atoms with Crippen LogP contribution in [0.2, 0.25) is 0 Å². The third-order valence-electron chi connectivity index (χ3n) is 2.45. The predicted molar refractivity (Wildman–Crippen MR) is 62.8 cm³/mol. The van der Waals surface area contributed by atoms with E-state index in [2.05, 4.69) is 9.97 Å². The lowest BCUT2D eigenvalue weighted by molar-refractivity contribution is -0.387. The molecule has 0 aliphatic carbocycles. The summed E-state index contributed by atoms with van der Waals surface area (Å²) >= 11 is 1.38. The highest BCUT2D eigenvalue weighted by molar-refractivity contribution is 8.00. The molecule has 0 radical (unpaired) electrons. The fourth-order valence-corrected chi connectivity index (χ4v) is 2.73. The molecule has 1 saturated heterocycles. The summed E-state index contributed by atoms with van der Waals surface area (Å²) in [5, 5.41) is 11.5. The van der Waals surface area contributed by atoms with Crippen LogP contribution in [-0.4, -0.2) is 33.4 Å². The highest BCUT2D eigenvalue weighted by Gasteiger charge is 2.25. The first kappa shape index (κ1) is 12.1. The fraction of sp³-hybridized carbons (Fsp3) is 0.556. The molecule has 0 saturated carbocycles. The quantitative estimate of drug-likeness (QED) is 0.492.